The number of hydrogen-bond acceptors (Lipinski definition) is 4. The molecule has 28 heavy (non-hydrogen) atoms. The molecule has 0 unspecified atom stereocenters. The van der Waals surface area contributed by atoms with Crippen LogP contribution < -0.4 is 15.9 Å². The van der Waals surface area contributed by atoms with Crippen LogP contribution in [-0.2, 0) is 6.61 Å². The van der Waals surface area contributed by atoms with Crippen LogP contribution in [0.25, 0.3) is 0 Å². The summed E-state index contributed by atoms with van der Waals surface area (Å²) in [5.41, 5.74) is 10.7. The number of nitrogen functional groups attached to an aromatic ring is 1. The maximum absolute atomic E-state index is 12.1. The molecule has 0 bridgehead atoms. The van der Waals surface area contributed by atoms with Gasteiger partial charge >= 0.3 is 0 Å². The van der Waals surface area contributed by atoms with Crippen LogP contribution in [0.1, 0.15) is 21.5 Å². The van der Waals surface area contributed by atoms with E-state index in [1.807, 2.05) is 42.5 Å². The zero-order chi connectivity index (χ0) is 19.9. The van der Waals surface area contributed by atoms with Gasteiger partial charge in [-0.15, -0.1) is 0 Å². The highest BCUT2D eigenvalue weighted by molar-refractivity contribution is 9.10. The highest BCUT2D eigenvalue weighted by Crippen LogP contribution is 2.27. The minimum Gasteiger partial charge on any atom is -0.488 e. The minimum atomic E-state index is -0.367. The van der Waals surface area contributed by atoms with Crippen LogP contribution in [0.2, 0.25) is 5.02 Å². The first-order valence-electron chi connectivity index (χ1n) is 8.38. The SMILES string of the molecule is Nc1ccccc1C(=O)N/N=C/c1ccc(OCc2ccccc2Cl)c(Br)c1. The standard InChI is InChI=1S/C21H17BrClN3O2/c22-17-11-14(12-25-26-21(27)16-6-2-4-8-19(16)24)9-10-20(17)28-13-15-5-1-3-7-18(15)23/h1-12H,13,24H2,(H,26,27)/b25-12+. The van der Waals surface area contributed by atoms with Crippen LogP contribution in [-0.4, -0.2) is 12.1 Å². The summed E-state index contributed by atoms with van der Waals surface area (Å²) in [6.45, 7) is 0.361. The van der Waals surface area contributed by atoms with Gasteiger partial charge in [-0.2, -0.15) is 5.10 Å². The Bertz CT molecular complexity index is 1020. The molecule has 0 aliphatic heterocycles. The number of rotatable bonds is 6. The van der Waals surface area contributed by atoms with Crippen molar-refractivity contribution in [2.45, 2.75) is 6.61 Å². The third-order valence-corrected chi connectivity index (χ3v) is 4.87. The predicted molar refractivity (Wildman–Crippen MR) is 116 cm³/mol. The lowest BCUT2D eigenvalue weighted by Gasteiger charge is -2.10. The van der Waals surface area contributed by atoms with E-state index in [1.54, 1.807) is 30.5 Å². The van der Waals surface area contributed by atoms with E-state index in [2.05, 4.69) is 26.5 Å². The molecular weight excluding hydrogens is 442 g/mol. The van der Waals surface area contributed by atoms with Crippen molar-refractivity contribution in [1.29, 1.82) is 0 Å². The number of para-hydroxylation sites is 1. The van der Waals surface area contributed by atoms with Gasteiger partial charge in [-0.05, 0) is 57.9 Å². The summed E-state index contributed by atoms with van der Waals surface area (Å²) in [5, 5.41) is 4.64. The predicted octanol–water partition coefficient (Wildman–Crippen LogP) is 5.03. The molecule has 3 aromatic rings. The van der Waals surface area contributed by atoms with Crippen molar-refractivity contribution in [3.63, 3.8) is 0 Å². The van der Waals surface area contributed by atoms with E-state index in [-0.39, 0.29) is 5.91 Å². The lowest BCUT2D eigenvalue weighted by Crippen LogP contribution is -2.18. The number of nitrogens with one attached hydrogen (secondary N) is 1. The van der Waals surface area contributed by atoms with Gasteiger partial charge in [0.25, 0.3) is 5.91 Å². The number of carbonyl (C=O) groups is 1. The summed E-state index contributed by atoms with van der Waals surface area (Å²) < 4.78 is 6.58. The van der Waals surface area contributed by atoms with Gasteiger partial charge in [0.2, 0.25) is 0 Å². The summed E-state index contributed by atoms with van der Waals surface area (Å²) in [6, 6.07) is 19.8. The molecule has 0 radical (unpaired) electrons. The van der Waals surface area contributed by atoms with Crippen molar-refractivity contribution in [3.05, 3.63) is 92.9 Å². The number of ether oxygens (including phenoxy) is 1. The Balaban J connectivity index is 1.61. The van der Waals surface area contributed by atoms with E-state index in [4.69, 9.17) is 22.1 Å². The molecule has 142 valence electrons. The van der Waals surface area contributed by atoms with Crippen molar-refractivity contribution in [3.8, 4) is 5.75 Å². The van der Waals surface area contributed by atoms with E-state index < -0.39 is 0 Å². The van der Waals surface area contributed by atoms with Crippen molar-refractivity contribution in [1.82, 2.24) is 5.43 Å². The number of hydrogen-bond donors (Lipinski definition) is 2. The second-order valence-corrected chi connectivity index (χ2v) is 7.12. The molecule has 0 aliphatic rings. The second kappa shape index (κ2) is 9.39. The number of benzene rings is 3. The molecule has 7 heteroatoms. The molecule has 0 saturated carbocycles. The highest BCUT2D eigenvalue weighted by atomic mass is 79.9. The molecule has 0 spiro atoms. The molecular formula is C21H17BrClN3O2. The number of amides is 1. The van der Waals surface area contributed by atoms with Gasteiger partial charge < -0.3 is 10.5 Å². The Hall–Kier alpha value is -2.83. The smallest absolute Gasteiger partial charge is 0.273 e. The maximum atomic E-state index is 12.1. The fourth-order valence-electron chi connectivity index (χ4n) is 2.41. The lowest BCUT2D eigenvalue weighted by atomic mass is 10.2. The van der Waals surface area contributed by atoms with E-state index >= 15 is 0 Å². The van der Waals surface area contributed by atoms with E-state index in [9.17, 15) is 4.79 Å². The first-order valence-corrected chi connectivity index (χ1v) is 9.55. The number of anilines is 1. The normalized spacial score (nSPS) is 10.8. The van der Waals surface area contributed by atoms with Crippen LogP contribution in [0, 0.1) is 0 Å². The van der Waals surface area contributed by atoms with Crippen LogP contribution in [0.4, 0.5) is 5.69 Å². The molecule has 3 N–H and O–H groups in total. The fraction of sp³-hybridized carbons (Fsp3) is 0.0476. The summed E-state index contributed by atoms with van der Waals surface area (Å²) in [5.74, 6) is 0.311. The van der Waals surface area contributed by atoms with Gasteiger partial charge in [0.15, 0.2) is 0 Å². The summed E-state index contributed by atoms with van der Waals surface area (Å²) in [7, 11) is 0. The minimum absolute atomic E-state index is 0.361. The van der Waals surface area contributed by atoms with Crippen LogP contribution in [0.15, 0.2) is 76.3 Å². The number of carbonyl (C=O) groups excluding carboxylic acids is 1. The molecule has 0 heterocycles. The third-order valence-electron chi connectivity index (χ3n) is 3.88. The topological polar surface area (TPSA) is 76.7 Å². The van der Waals surface area contributed by atoms with Gasteiger partial charge in [-0.3, -0.25) is 4.79 Å². The maximum Gasteiger partial charge on any atom is 0.273 e. The molecule has 3 aromatic carbocycles. The van der Waals surface area contributed by atoms with Gasteiger partial charge in [0.05, 0.1) is 16.3 Å². The first-order chi connectivity index (χ1) is 13.5. The third kappa shape index (κ3) is 5.12. The van der Waals surface area contributed by atoms with Crippen molar-refractivity contribution in [2.24, 2.45) is 5.10 Å². The molecule has 3 rings (SSSR count). The molecule has 0 atom stereocenters. The molecule has 0 aromatic heterocycles. The molecule has 0 saturated heterocycles. The lowest BCUT2D eigenvalue weighted by molar-refractivity contribution is 0.0956. The Morgan fingerprint density at radius 3 is 2.64 bits per heavy atom. The van der Waals surface area contributed by atoms with Crippen LogP contribution in [0.3, 0.4) is 0 Å². The van der Waals surface area contributed by atoms with Crippen LogP contribution in [0.5, 0.6) is 5.75 Å². The van der Waals surface area contributed by atoms with E-state index in [1.165, 1.54) is 0 Å². The van der Waals surface area contributed by atoms with Crippen molar-refractivity contribution >= 4 is 45.3 Å². The number of nitrogens with zero attached hydrogens (tertiary/aromatic N) is 1. The number of nitrogens with two attached hydrogens (primary N) is 1. The molecule has 1 amide bonds. The number of hydrazone groups is 1. The summed E-state index contributed by atoms with van der Waals surface area (Å²) >= 11 is 9.62. The molecule has 5 nitrogen and oxygen atoms in total. The first kappa shape index (κ1) is 19.9. The Kier molecular flexibility index (Phi) is 6.68. The molecule has 0 fully saturated rings. The summed E-state index contributed by atoms with van der Waals surface area (Å²) in [6.07, 6.45) is 1.54. The monoisotopic (exact) mass is 457 g/mol. The number of halogens is 2. The van der Waals surface area contributed by atoms with Gasteiger partial charge in [0.1, 0.15) is 12.4 Å². The van der Waals surface area contributed by atoms with Crippen molar-refractivity contribution in [2.75, 3.05) is 5.73 Å². The Morgan fingerprint density at radius 2 is 1.89 bits per heavy atom. The average molecular weight is 459 g/mol. The van der Waals surface area contributed by atoms with Crippen LogP contribution >= 0.6 is 27.5 Å². The second-order valence-electron chi connectivity index (χ2n) is 5.86. The summed E-state index contributed by atoms with van der Waals surface area (Å²) in [4.78, 5) is 12.1. The van der Waals surface area contributed by atoms with E-state index in [0.29, 0.717) is 28.6 Å². The largest absolute Gasteiger partial charge is 0.488 e. The molecule has 0 aliphatic carbocycles. The van der Waals surface area contributed by atoms with Gasteiger partial charge in [-0.25, -0.2) is 5.43 Å². The Morgan fingerprint density at radius 1 is 1.14 bits per heavy atom. The average Bonchev–Trinajstić information content (AvgIpc) is 2.69. The Labute approximate surface area is 176 Å². The zero-order valence-corrected chi connectivity index (χ0v) is 17.1. The highest BCUT2D eigenvalue weighted by Gasteiger charge is 2.07. The van der Waals surface area contributed by atoms with Gasteiger partial charge in [0, 0.05) is 16.3 Å². The van der Waals surface area contributed by atoms with Crippen molar-refractivity contribution < 1.29 is 9.53 Å². The fourth-order valence-corrected chi connectivity index (χ4v) is 3.12. The quantitative estimate of drug-likeness (QED) is 0.309. The zero-order valence-electron chi connectivity index (χ0n) is 14.7. The van der Waals surface area contributed by atoms with Gasteiger partial charge in [-0.1, -0.05) is 41.9 Å². The van der Waals surface area contributed by atoms with E-state index in [0.717, 1.165) is 15.6 Å².